The molecule has 0 spiro atoms. The van der Waals surface area contributed by atoms with Crippen molar-refractivity contribution in [3.05, 3.63) is 58.9 Å². The van der Waals surface area contributed by atoms with Gasteiger partial charge in [-0.15, -0.1) is 0 Å². The first-order valence-corrected chi connectivity index (χ1v) is 13.2. The Hall–Kier alpha value is -2.64. The molecule has 0 radical (unpaired) electrons. The molecule has 2 aromatic carbocycles. The zero-order valence-electron chi connectivity index (χ0n) is 19.6. The molecule has 178 valence electrons. The van der Waals surface area contributed by atoms with E-state index in [0.29, 0.717) is 12.0 Å². The van der Waals surface area contributed by atoms with Crippen molar-refractivity contribution in [1.82, 2.24) is 9.78 Å². The summed E-state index contributed by atoms with van der Waals surface area (Å²) in [5.74, 6) is 2.02. The molecule has 6 rings (SSSR count). The summed E-state index contributed by atoms with van der Waals surface area (Å²) < 4.78 is 19.6. The zero-order valence-corrected chi connectivity index (χ0v) is 20.4. The van der Waals surface area contributed by atoms with Crippen molar-refractivity contribution in [2.45, 2.75) is 69.1 Å². The number of aromatic nitrogens is 2. The third kappa shape index (κ3) is 4.51. The summed E-state index contributed by atoms with van der Waals surface area (Å²) in [4.78, 5) is 6.13. The lowest BCUT2D eigenvalue weighted by molar-refractivity contribution is -0.0413. The number of rotatable bonds is 5. The standard InChI is InChI=1S/C27H31N3O3S/c1-30-27(34-26(29-30)19-11-14-23-25(15-19)32-17-31-23)28-20-12-13-22(18-7-3-2-4-8-18)24(16-20)33-21-9-5-6-10-21/h2-4,7-8,11,14-15,20-22,24H,5-6,9-10,12-13,16-17H2,1H3. The van der Waals surface area contributed by atoms with Gasteiger partial charge < -0.3 is 14.2 Å². The number of nitrogens with zero attached hydrogens (tertiary/aromatic N) is 3. The van der Waals surface area contributed by atoms with Crippen molar-refractivity contribution in [2.24, 2.45) is 12.0 Å². The smallest absolute Gasteiger partial charge is 0.231 e. The Bertz CT molecular complexity index is 1200. The van der Waals surface area contributed by atoms with E-state index in [2.05, 4.69) is 30.3 Å². The van der Waals surface area contributed by atoms with Gasteiger partial charge in [-0.3, -0.25) is 4.99 Å². The summed E-state index contributed by atoms with van der Waals surface area (Å²) in [6.07, 6.45) is 8.75. The molecule has 0 bridgehead atoms. The van der Waals surface area contributed by atoms with E-state index in [-0.39, 0.29) is 18.9 Å². The van der Waals surface area contributed by atoms with Crippen LogP contribution in [0.15, 0.2) is 53.5 Å². The molecular formula is C27H31N3O3S. The molecule has 2 heterocycles. The predicted octanol–water partition coefficient (Wildman–Crippen LogP) is 5.44. The summed E-state index contributed by atoms with van der Waals surface area (Å²) >= 11 is 1.63. The lowest BCUT2D eigenvalue weighted by Crippen LogP contribution is -2.35. The molecule has 2 saturated carbocycles. The maximum Gasteiger partial charge on any atom is 0.231 e. The first-order valence-electron chi connectivity index (χ1n) is 12.4. The maximum atomic E-state index is 6.73. The quantitative estimate of drug-likeness (QED) is 0.491. The van der Waals surface area contributed by atoms with Crippen molar-refractivity contribution >= 4 is 11.3 Å². The summed E-state index contributed by atoms with van der Waals surface area (Å²) in [7, 11) is 1.98. The molecule has 0 saturated heterocycles. The molecule has 0 N–H and O–H groups in total. The Morgan fingerprint density at radius 1 is 1.00 bits per heavy atom. The molecule has 1 aromatic heterocycles. The average Bonchev–Trinajstić information content (AvgIpc) is 3.62. The highest BCUT2D eigenvalue weighted by Gasteiger charge is 2.34. The monoisotopic (exact) mass is 477 g/mol. The Labute approximate surface area is 204 Å². The minimum atomic E-state index is 0.222. The third-order valence-electron chi connectivity index (χ3n) is 7.28. The Kier molecular flexibility index (Phi) is 6.14. The highest BCUT2D eigenvalue weighted by Crippen LogP contribution is 2.39. The van der Waals surface area contributed by atoms with Crippen LogP contribution in [0.3, 0.4) is 0 Å². The molecule has 3 atom stereocenters. The van der Waals surface area contributed by atoms with Crippen LogP contribution in [0.2, 0.25) is 0 Å². The Morgan fingerprint density at radius 3 is 2.68 bits per heavy atom. The molecule has 7 heteroatoms. The fraction of sp³-hybridized carbons (Fsp3) is 0.481. The van der Waals surface area contributed by atoms with Gasteiger partial charge in [-0.05, 0) is 55.9 Å². The third-order valence-corrected chi connectivity index (χ3v) is 8.34. The summed E-state index contributed by atoms with van der Waals surface area (Å²) in [5.41, 5.74) is 2.43. The highest BCUT2D eigenvalue weighted by molar-refractivity contribution is 7.12. The second-order valence-corrected chi connectivity index (χ2v) is 10.5. The minimum Gasteiger partial charge on any atom is -0.454 e. The van der Waals surface area contributed by atoms with Gasteiger partial charge in [0.25, 0.3) is 0 Å². The summed E-state index contributed by atoms with van der Waals surface area (Å²) in [6, 6.07) is 17.1. The SMILES string of the molecule is Cn1nc(-c2ccc3c(c2)OCO3)sc1=NC1CCC(c2ccccc2)C(OC2CCCC2)C1. The first kappa shape index (κ1) is 21.9. The van der Waals surface area contributed by atoms with Crippen LogP contribution in [0.4, 0.5) is 0 Å². The van der Waals surface area contributed by atoms with Gasteiger partial charge in [0.15, 0.2) is 11.5 Å². The average molecular weight is 478 g/mol. The van der Waals surface area contributed by atoms with Gasteiger partial charge in [0.1, 0.15) is 5.01 Å². The van der Waals surface area contributed by atoms with Gasteiger partial charge in [-0.2, -0.15) is 5.10 Å². The van der Waals surface area contributed by atoms with Crippen molar-refractivity contribution in [1.29, 1.82) is 0 Å². The molecule has 34 heavy (non-hydrogen) atoms. The summed E-state index contributed by atoms with van der Waals surface area (Å²) in [6.45, 7) is 0.279. The minimum absolute atomic E-state index is 0.222. The topological polar surface area (TPSA) is 57.9 Å². The van der Waals surface area contributed by atoms with Crippen LogP contribution in [-0.2, 0) is 11.8 Å². The van der Waals surface area contributed by atoms with E-state index < -0.39 is 0 Å². The van der Waals surface area contributed by atoms with Gasteiger partial charge in [0.2, 0.25) is 11.6 Å². The van der Waals surface area contributed by atoms with Crippen LogP contribution < -0.4 is 14.3 Å². The fourth-order valence-electron chi connectivity index (χ4n) is 5.49. The normalized spacial score (nSPS) is 25.2. The molecule has 3 aromatic rings. The summed E-state index contributed by atoms with van der Waals surface area (Å²) in [5, 5.41) is 5.69. The molecule has 3 aliphatic rings. The van der Waals surface area contributed by atoms with Gasteiger partial charge in [-0.25, -0.2) is 4.68 Å². The number of aryl methyl sites for hydroxylation is 1. The van der Waals surface area contributed by atoms with Crippen molar-refractivity contribution in [2.75, 3.05) is 6.79 Å². The Balaban J connectivity index is 1.24. The number of ether oxygens (including phenoxy) is 3. The molecule has 3 unspecified atom stereocenters. The fourth-order valence-corrected chi connectivity index (χ4v) is 6.45. The number of benzene rings is 2. The van der Waals surface area contributed by atoms with E-state index in [1.54, 1.807) is 11.3 Å². The van der Waals surface area contributed by atoms with E-state index >= 15 is 0 Å². The number of hydrogen-bond donors (Lipinski definition) is 0. The van der Waals surface area contributed by atoms with Crippen molar-refractivity contribution < 1.29 is 14.2 Å². The lowest BCUT2D eigenvalue weighted by atomic mass is 9.79. The van der Waals surface area contributed by atoms with Crippen molar-refractivity contribution in [3.8, 4) is 22.1 Å². The Morgan fingerprint density at radius 2 is 1.82 bits per heavy atom. The maximum absolute atomic E-state index is 6.73. The second-order valence-electron chi connectivity index (χ2n) is 9.58. The highest BCUT2D eigenvalue weighted by atomic mass is 32.1. The molecule has 1 aliphatic heterocycles. The van der Waals surface area contributed by atoms with E-state index in [1.165, 1.54) is 31.2 Å². The second kappa shape index (κ2) is 9.55. The van der Waals surface area contributed by atoms with Crippen LogP contribution in [-0.4, -0.2) is 34.8 Å². The number of hydrogen-bond acceptors (Lipinski definition) is 6. The van der Waals surface area contributed by atoms with E-state index in [1.807, 2.05) is 29.9 Å². The van der Waals surface area contributed by atoms with Crippen molar-refractivity contribution in [3.63, 3.8) is 0 Å². The molecule has 0 amide bonds. The molecule has 2 aliphatic carbocycles. The van der Waals surface area contributed by atoms with Crippen LogP contribution in [0.5, 0.6) is 11.5 Å². The first-order chi connectivity index (χ1) is 16.7. The predicted molar refractivity (Wildman–Crippen MR) is 132 cm³/mol. The molecule has 2 fully saturated rings. The number of fused-ring (bicyclic) bond motifs is 1. The molecule has 6 nitrogen and oxygen atoms in total. The van der Waals surface area contributed by atoms with Crippen LogP contribution in [0, 0.1) is 0 Å². The van der Waals surface area contributed by atoms with Gasteiger partial charge in [-0.1, -0.05) is 54.5 Å². The van der Waals surface area contributed by atoms with E-state index in [0.717, 1.165) is 46.1 Å². The van der Waals surface area contributed by atoms with Crippen LogP contribution >= 0.6 is 11.3 Å². The van der Waals surface area contributed by atoms with Gasteiger partial charge in [0.05, 0.1) is 18.2 Å². The van der Waals surface area contributed by atoms with Crippen LogP contribution in [0.25, 0.3) is 10.6 Å². The zero-order chi connectivity index (χ0) is 22.9. The van der Waals surface area contributed by atoms with Crippen LogP contribution in [0.1, 0.15) is 56.4 Å². The van der Waals surface area contributed by atoms with Gasteiger partial charge in [0, 0.05) is 18.5 Å². The van der Waals surface area contributed by atoms with E-state index in [4.69, 9.17) is 24.3 Å². The molecular weight excluding hydrogens is 446 g/mol. The lowest BCUT2D eigenvalue weighted by Gasteiger charge is -2.36. The van der Waals surface area contributed by atoms with E-state index in [9.17, 15) is 0 Å². The van der Waals surface area contributed by atoms with Gasteiger partial charge >= 0.3 is 0 Å². The largest absolute Gasteiger partial charge is 0.454 e.